The van der Waals surface area contributed by atoms with E-state index in [9.17, 15) is 14.0 Å². The first-order chi connectivity index (χ1) is 16.5. The van der Waals surface area contributed by atoms with Crippen LogP contribution in [0.15, 0.2) is 57.7 Å². The van der Waals surface area contributed by atoms with Crippen molar-refractivity contribution in [1.29, 1.82) is 0 Å². The lowest BCUT2D eigenvalue weighted by Crippen LogP contribution is -2.47. The number of carbonyl (C=O) groups is 1. The van der Waals surface area contributed by atoms with Crippen LogP contribution in [-0.4, -0.2) is 50.1 Å². The molecule has 1 aliphatic heterocycles. The summed E-state index contributed by atoms with van der Waals surface area (Å²) in [5.41, 5.74) is 2.24. The smallest absolute Gasteiger partial charge is 0.345 e. The number of halogens is 1. The zero-order valence-corrected chi connectivity index (χ0v) is 19.8. The number of thiophene rings is 1. The van der Waals surface area contributed by atoms with Gasteiger partial charge in [0.1, 0.15) is 11.4 Å². The third kappa shape index (κ3) is 4.69. The minimum absolute atomic E-state index is 0.164. The fourth-order valence-electron chi connectivity index (χ4n) is 4.39. The monoisotopic (exact) mass is 479 g/mol. The normalized spacial score (nSPS) is 14.7. The Hall–Kier alpha value is -3.23. The number of hydrogen-bond acceptors (Lipinski definition) is 6. The minimum Gasteiger partial charge on any atom is -0.422 e. The average molecular weight is 480 g/mol. The zero-order chi connectivity index (χ0) is 23.7. The van der Waals surface area contributed by atoms with E-state index in [-0.39, 0.29) is 11.7 Å². The van der Waals surface area contributed by atoms with Gasteiger partial charge in [-0.15, -0.1) is 11.3 Å². The van der Waals surface area contributed by atoms with Crippen LogP contribution in [-0.2, 0) is 0 Å². The summed E-state index contributed by atoms with van der Waals surface area (Å²) in [6.07, 6.45) is 0.845. The van der Waals surface area contributed by atoms with Crippen LogP contribution >= 0.6 is 11.3 Å². The van der Waals surface area contributed by atoms with Gasteiger partial charge in [0.25, 0.3) is 5.91 Å². The van der Waals surface area contributed by atoms with E-state index >= 15 is 0 Å². The molecule has 176 valence electrons. The largest absolute Gasteiger partial charge is 0.422 e. The summed E-state index contributed by atoms with van der Waals surface area (Å²) in [6, 6.07) is 14.0. The SMILES string of the molecule is Cc1ccc2oc(=O)c3cc(C(=O)NCCCN4CCN(c5ccc(F)cc5)CC4)sc3c2c1. The lowest BCUT2D eigenvalue weighted by molar-refractivity contribution is 0.0955. The number of carbonyl (C=O) groups excluding carboxylic acids is 1. The Morgan fingerprint density at radius 1 is 1.06 bits per heavy atom. The van der Waals surface area contributed by atoms with E-state index in [1.165, 1.54) is 23.5 Å². The molecule has 1 N–H and O–H groups in total. The van der Waals surface area contributed by atoms with E-state index in [2.05, 4.69) is 15.1 Å². The summed E-state index contributed by atoms with van der Waals surface area (Å²) in [4.78, 5) is 30.2. The number of piperazine rings is 1. The predicted molar refractivity (Wildman–Crippen MR) is 135 cm³/mol. The van der Waals surface area contributed by atoms with E-state index in [4.69, 9.17) is 4.42 Å². The second-order valence-electron chi connectivity index (χ2n) is 8.66. The Labute approximate surface area is 200 Å². The van der Waals surface area contributed by atoms with E-state index in [0.717, 1.165) is 60.5 Å². The summed E-state index contributed by atoms with van der Waals surface area (Å²) in [6.45, 7) is 7.12. The van der Waals surface area contributed by atoms with Crippen LogP contribution < -0.4 is 15.8 Å². The van der Waals surface area contributed by atoms with Crippen molar-refractivity contribution in [1.82, 2.24) is 10.2 Å². The molecule has 6 nitrogen and oxygen atoms in total. The van der Waals surface area contributed by atoms with Crippen molar-refractivity contribution in [2.75, 3.05) is 44.2 Å². The molecule has 0 aliphatic carbocycles. The number of anilines is 1. The highest BCUT2D eigenvalue weighted by Gasteiger charge is 2.18. The molecular weight excluding hydrogens is 453 g/mol. The van der Waals surface area contributed by atoms with E-state index in [1.54, 1.807) is 12.1 Å². The van der Waals surface area contributed by atoms with Gasteiger partial charge in [-0.25, -0.2) is 9.18 Å². The maximum atomic E-state index is 13.1. The summed E-state index contributed by atoms with van der Waals surface area (Å²) in [5, 5.41) is 4.30. The fraction of sp³-hybridized carbons (Fsp3) is 0.308. The van der Waals surface area contributed by atoms with Crippen molar-refractivity contribution in [3.63, 3.8) is 0 Å². The van der Waals surface area contributed by atoms with Gasteiger partial charge in [-0.1, -0.05) is 11.6 Å². The van der Waals surface area contributed by atoms with Crippen molar-refractivity contribution < 1.29 is 13.6 Å². The molecule has 3 heterocycles. The van der Waals surface area contributed by atoms with Gasteiger partial charge >= 0.3 is 5.63 Å². The second kappa shape index (κ2) is 9.56. The topological polar surface area (TPSA) is 65.8 Å². The Bertz CT molecular complexity index is 1390. The number of rotatable bonds is 6. The van der Waals surface area contributed by atoms with E-state index < -0.39 is 5.63 Å². The Kier molecular flexibility index (Phi) is 6.34. The maximum absolute atomic E-state index is 13.1. The molecule has 1 aliphatic rings. The van der Waals surface area contributed by atoms with Gasteiger partial charge in [0.15, 0.2) is 0 Å². The molecule has 5 rings (SSSR count). The molecule has 1 amide bonds. The van der Waals surface area contributed by atoms with Crippen molar-refractivity contribution in [2.45, 2.75) is 13.3 Å². The Morgan fingerprint density at radius 3 is 2.59 bits per heavy atom. The number of nitrogens with zero attached hydrogens (tertiary/aromatic N) is 2. The van der Waals surface area contributed by atoms with Gasteiger partial charge in [-0.05, 0) is 62.4 Å². The highest BCUT2D eigenvalue weighted by molar-refractivity contribution is 7.21. The van der Waals surface area contributed by atoms with Gasteiger partial charge in [0.2, 0.25) is 0 Å². The lowest BCUT2D eigenvalue weighted by atomic mass is 10.1. The first-order valence-electron chi connectivity index (χ1n) is 11.5. The molecule has 0 unspecified atom stereocenters. The number of nitrogens with one attached hydrogen (secondary N) is 1. The number of aryl methyl sites for hydroxylation is 1. The molecule has 1 fully saturated rings. The summed E-state index contributed by atoms with van der Waals surface area (Å²) < 4.78 is 19.3. The molecule has 34 heavy (non-hydrogen) atoms. The Morgan fingerprint density at radius 2 is 1.82 bits per heavy atom. The van der Waals surface area contributed by atoms with E-state index in [0.29, 0.717) is 22.4 Å². The van der Waals surface area contributed by atoms with Crippen molar-refractivity contribution in [2.24, 2.45) is 0 Å². The van der Waals surface area contributed by atoms with Gasteiger partial charge in [-0.2, -0.15) is 0 Å². The molecule has 8 heteroatoms. The minimum atomic E-state index is -0.415. The molecule has 2 aromatic carbocycles. The molecule has 0 radical (unpaired) electrons. The molecule has 2 aromatic heterocycles. The van der Waals surface area contributed by atoms with Crippen LogP contribution in [0.5, 0.6) is 0 Å². The van der Waals surface area contributed by atoms with Crippen molar-refractivity contribution in [3.05, 3.63) is 75.2 Å². The van der Waals surface area contributed by atoms with Crippen molar-refractivity contribution >= 4 is 44.0 Å². The predicted octanol–water partition coefficient (Wildman–Crippen LogP) is 4.40. The Balaban J connectivity index is 1.14. The molecule has 4 aromatic rings. The fourth-order valence-corrected chi connectivity index (χ4v) is 5.48. The van der Waals surface area contributed by atoms with Crippen LogP contribution in [0.2, 0.25) is 0 Å². The number of amides is 1. The molecule has 0 bridgehead atoms. The maximum Gasteiger partial charge on any atom is 0.345 e. The van der Waals surface area contributed by atoms with Gasteiger partial charge in [0.05, 0.1) is 15.0 Å². The number of fused-ring (bicyclic) bond motifs is 3. The quantitative estimate of drug-likeness (QED) is 0.328. The molecule has 0 spiro atoms. The summed E-state index contributed by atoms with van der Waals surface area (Å²) in [5.74, 6) is -0.380. The van der Waals surface area contributed by atoms with Crippen LogP contribution in [0.3, 0.4) is 0 Å². The first-order valence-corrected chi connectivity index (χ1v) is 12.3. The van der Waals surface area contributed by atoms with Crippen LogP contribution in [0.1, 0.15) is 21.7 Å². The van der Waals surface area contributed by atoms with Crippen LogP contribution in [0, 0.1) is 12.7 Å². The summed E-state index contributed by atoms with van der Waals surface area (Å²) >= 11 is 1.33. The average Bonchev–Trinajstić information content (AvgIpc) is 3.30. The highest BCUT2D eigenvalue weighted by Crippen LogP contribution is 2.31. The number of benzene rings is 2. The second-order valence-corrected chi connectivity index (χ2v) is 9.71. The van der Waals surface area contributed by atoms with E-state index in [1.807, 2.05) is 31.2 Å². The highest BCUT2D eigenvalue weighted by atomic mass is 32.1. The standard InChI is InChI=1S/C26H26FN3O3S/c1-17-3-8-22-20(15-17)24-21(26(32)33-22)16-23(34-24)25(31)28-9-2-10-29-11-13-30(14-12-29)19-6-4-18(27)5-7-19/h3-8,15-16H,2,9-14H2,1H3,(H,28,31). The third-order valence-corrected chi connectivity index (χ3v) is 7.43. The summed E-state index contributed by atoms with van der Waals surface area (Å²) in [7, 11) is 0. The molecule has 0 saturated carbocycles. The molecular formula is C26H26FN3O3S. The first kappa shape index (κ1) is 22.6. The van der Waals surface area contributed by atoms with Gasteiger partial charge in [-0.3, -0.25) is 9.69 Å². The van der Waals surface area contributed by atoms with Crippen molar-refractivity contribution in [3.8, 4) is 0 Å². The third-order valence-electron chi connectivity index (χ3n) is 6.26. The lowest BCUT2D eigenvalue weighted by Gasteiger charge is -2.36. The van der Waals surface area contributed by atoms with Crippen LogP contribution in [0.4, 0.5) is 10.1 Å². The molecule has 0 atom stereocenters. The van der Waals surface area contributed by atoms with Gasteiger partial charge in [0, 0.05) is 43.8 Å². The van der Waals surface area contributed by atoms with Gasteiger partial charge < -0.3 is 14.6 Å². The molecule has 1 saturated heterocycles. The zero-order valence-electron chi connectivity index (χ0n) is 19.0. The van der Waals surface area contributed by atoms with Crippen LogP contribution in [0.25, 0.3) is 21.1 Å². The number of hydrogen-bond donors (Lipinski definition) is 1.